The van der Waals surface area contributed by atoms with Gasteiger partial charge < -0.3 is 14.5 Å². The Bertz CT molecular complexity index is 1090. The number of nitrogens with one attached hydrogen (secondary N) is 3. The lowest BCUT2D eigenvalue weighted by molar-refractivity contribution is 0.0903. The Balaban J connectivity index is 1.28. The van der Waals surface area contributed by atoms with Crippen LogP contribution in [0.4, 0.5) is 4.79 Å². The number of hydrogen-bond acceptors (Lipinski definition) is 4. The highest BCUT2D eigenvalue weighted by molar-refractivity contribution is 5.92. The summed E-state index contributed by atoms with van der Waals surface area (Å²) in [5, 5.41) is 2.95. The van der Waals surface area contributed by atoms with E-state index in [0.717, 1.165) is 18.4 Å². The van der Waals surface area contributed by atoms with E-state index in [9.17, 15) is 9.59 Å². The van der Waals surface area contributed by atoms with Crippen molar-refractivity contribution in [1.82, 2.24) is 16.2 Å². The SMILES string of the molecule is CC1(C)CCC(NC(=O)NNC(=O)c2ccc(COc3ccccc3)o2)c2ccccc21. The van der Waals surface area contributed by atoms with Crippen LogP contribution >= 0.6 is 0 Å². The fourth-order valence-corrected chi connectivity index (χ4v) is 3.98. The molecule has 0 saturated heterocycles. The van der Waals surface area contributed by atoms with Gasteiger partial charge in [-0.05, 0) is 53.6 Å². The normalized spacial score (nSPS) is 16.5. The predicted molar refractivity (Wildman–Crippen MR) is 120 cm³/mol. The molecule has 0 saturated carbocycles. The second kappa shape index (κ2) is 9.18. The molecule has 4 rings (SSSR count). The molecule has 7 nitrogen and oxygen atoms in total. The molecule has 1 aromatic heterocycles. The number of carbonyl (C=O) groups is 2. The largest absolute Gasteiger partial charge is 0.486 e. The van der Waals surface area contributed by atoms with Crippen LogP contribution in [0.3, 0.4) is 0 Å². The summed E-state index contributed by atoms with van der Waals surface area (Å²) in [5.41, 5.74) is 7.20. The first-order valence-electron chi connectivity index (χ1n) is 10.7. The minimum Gasteiger partial charge on any atom is -0.486 e. The fourth-order valence-electron chi connectivity index (χ4n) is 3.98. The Morgan fingerprint density at radius 1 is 1.00 bits per heavy atom. The van der Waals surface area contributed by atoms with Crippen LogP contribution < -0.4 is 20.9 Å². The summed E-state index contributed by atoms with van der Waals surface area (Å²) in [6.07, 6.45) is 1.79. The maximum Gasteiger partial charge on any atom is 0.333 e. The number of hydrogen-bond donors (Lipinski definition) is 3. The van der Waals surface area contributed by atoms with Crippen molar-refractivity contribution in [3.8, 4) is 5.75 Å². The molecule has 0 radical (unpaired) electrons. The van der Waals surface area contributed by atoms with Crippen LogP contribution in [0.15, 0.2) is 71.1 Å². The minimum atomic E-state index is -0.545. The monoisotopic (exact) mass is 433 g/mol. The number of furan rings is 1. The van der Waals surface area contributed by atoms with Gasteiger partial charge in [0.2, 0.25) is 0 Å². The lowest BCUT2D eigenvalue weighted by atomic mass is 9.71. The highest BCUT2D eigenvalue weighted by Gasteiger charge is 2.32. The topological polar surface area (TPSA) is 92.6 Å². The zero-order valence-electron chi connectivity index (χ0n) is 18.2. The third-order valence-electron chi connectivity index (χ3n) is 5.73. The van der Waals surface area contributed by atoms with Gasteiger partial charge in [-0.1, -0.05) is 56.3 Å². The highest BCUT2D eigenvalue weighted by Crippen LogP contribution is 2.41. The van der Waals surface area contributed by atoms with E-state index in [2.05, 4.69) is 36.1 Å². The average Bonchev–Trinajstić information content (AvgIpc) is 3.28. The molecular weight excluding hydrogens is 406 g/mol. The first-order chi connectivity index (χ1) is 15.4. The van der Waals surface area contributed by atoms with Gasteiger partial charge in [0.25, 0.3) is 0 Å². The van der Waals surface area contributed by atoms with Crippen molar-refractivity contribution in [3.63, 3.8) is 0 Å². The van der Waals surface area contributed by atoms with Crippen molar-refractivity contribution in [3.05, 3.63) is 89.4 Å². The zero-order valence-corrected chi connectivity index (χ0v) is 18.2. The molecule has 1 unspecified atom stereocenters. The standard InChI is InChI=1S/C25H27N3O4/c1-25(2)15-14-21(19-10-6-7-11-20(19)25)26-24(30)28-27-23(29)22-13-12-18(32-22)16-31-17-8-4-3-5-9-17/h3-13,21H,14-16H2,1-2H3,(H,27,29)(H2,26,28,30). The summed E-state index contributed by atoms with van der Waals surface area (Å²) in [4.78, 5) is 24.7. The van der Waals surface area contributed by atoms with Gasteiger partial charge in [-0.25, -0.2) is 10.2 Å². The van der Waals surface area contributed by atoms with Crippen LogP contribution in [0.25, 0.3) is 0 Å². The molecule has 1 heterocycles. The molecule has 3 N–H and O–H groups in total. The number of hydrazine groups is 1. The van der Waals surface area contributed by atoms with Gasteiger partial charge in [0.15, 0.2) is 5.76 Å². The quantitative estimate of drug-likeness (QED) is 0.512. The van der Waals surface area contributed by atoms with E-state index in [0.29, 0.717) is 11.5 Å². The van der Waals surface area contributed by atoms with Crippen LogP contribution in [-0.2, 0) is 12.0 Å². The van der Waals surface area contributed by atoms with Crippen molar-refractivity contribution in [2.75, 3.05) is 0 Å². The number of ether oxygens (including phenoxy) is 1. The summed E-state index contributed by atoms with van der Waals surface area (Å²) >= 11 is 0. The molecule has 2 aromatic carbocycles. The van der Waals surface area contributed by atoms with E-state index in [4.69, 9.17) is 9.15 Å². The average molecular weight is 434 g/mol. The molecule has 3 amide bonds. The van der Waals surface area contributed by atoms with E-state index < -0.39 is 11.9 Å². The maximum atomic E-state index is 12.4. The van der Waals surface area contributed by atoms with E-state index in [1.165, 1.54) is 11.6 Å². The summed E-state index contributed by atoms with van der Waals surface area (Å²) in [6, 6.07) is 20.1. The Kier molecular flexibility index (Phi) is 6.16. The number of para-hydroxylation sites is 1. The Hall–Kier alpha value is -3.74. The predicted octanol–water partition coefficient (Wildman–Crippen LogP) is 4.62. The molecular formula is C25H27N3O4. The van der Waals surface area contributed by atoms with Gasteiger partial charge >= 0.3 is 11.9 Å². The van der Waals surface area contributed by atoms with Gasteiger partial charge in [-0.2, -0.15) is 0 Å². The number of amides is 3. The van der Waals surface area contributed by atoms with Gasteiger partial charge in [-0.3, -0.25) is 10.2 Å². The highest BCUT2D eigenvalue weighted by atomic mass is 16.5. The molecule has 0 aliphatic heterocycles. The summed E-state index contributed by atoms with van der Waals surface area (Å²) in [5.74, 6) is 0.754. The summed E-state index contributed by atoms with van der Waals surface area (Å²) < 4.78 is 11.1. The maximum absolute atomic E-state index is 12.4. The molecule has 7 heteroatoms. The molecule has 1 aliphatic carbocycles. The third-order valence-corrected chi connectivity index (χ3v) is 5.73. The minimum absolute atomic E-state index is 0.0701. The zero-order chi connectivity index (χ0) is 22.6. The van der Waals surface area contributed by atoms with E-state index in [-0.39, 0.29) is 23.8 Å². The summed E-state index contributed by atoms with van der Waals surface area (Å²) in [6.45, 7) is 4.62. The molecule has 32 heavy (non-hydrogen) atoms. The number of carbonyl (C=O) groups excluding carboxylic acids is 2. The van der Waals surface area contributed by atoms with Crippen molar-refractivity contribution in [2.24, 2.45) is 0 Å². The van der Waals surface area contributed by atoms with Gasteiger partial charge in [0, 0.05) is 0 Å². The number of fused-ring (bicyclic) bond motifs is 1. The van der Waals surface area contributed by atoms with Crippen molar-refractivity contribution >= 4 is 11.9 Å². The molecule has 0 bridgehead atoms. The fraction of sp³-hybridized carbons (Fsp3) is 0.280. The van der Waals surface area contributed by atoms with Gasteiger partial charge in [0.05, 0.1) is 6.04 Å². The van der Waals surface area contributed by atoms with Crippen LogP contribution in [0.1, 0.15) is 60.2 Å². The first kappa shape index (κ1) is 21.5. The molecule has 1 aliphatic rings. The van der Waals surface area contributed by atoms with Crippen LogP contribution in [0.5, 0.6) is 5.75 Å². The number of benzene rings is 2. The Morgan fingerprint density at radius 2 is 1.75 bits per heavy atom. The van der Waals surface area contributed by atoms with Gasteiger partial charge in [-0.15, -0.1) is 0 Å². The Morgan fingerprint density at radius 3 is 2.56 bits per heavy atom. The van der Waals surface area contributed by atoms with E-state index in [1.807, 2.05) is 48.5 Å². The van der Waals surface area contributed by atoms with E-state index >= 15 is 0 Å². The van der Waals surface area contributed by atoms with Crippen molar-refractivity contribution in [2.45, 2.75) is 44.8 Å². The van der Waals surface area contributed by atoms with Gasteiger partial charge in [0.1, 0.15) is 18.1 Å². The molecule has 0 fully saturated rings. The van der Waals surface area contributed by atoms with Crippen LogP contribution in [-0.4, -0.2) is 11.9 Å². The third kappa shape index (κ3) is 4.94. The lowest BCUT2D eigenvalue weighted by Crippen LogP contribution is -2.48. The number of urea groups is 1. The van der Waals surface area contributed by atoms with Crippen LogP contribution in [0, 0.1) is 0 Å². The molecule has 166 valence electrons. The smallest absolute Gasteiger partial charge is 0.333 e. The second-order valence-corrected chi connectivity index (χ2v) is 8.48. The van der Waals surface area contributed by atoms with Crippen LogP contribution in [0.2, 0.25) is 0 Å². The number of rotatable bonds is 5. The summed E-state index contributed by atoms with van der Waals surface area (Å²) in [7, 11) is 0. The van der Waals surface area contributed by atoms with E-state index in [1.54, 1.807) is 6.07 Å². The molecule has 3 aromatic rings. The molecule has 1 atom stereocenters. The van der Waals surface area contributed by atoms with Crippen molar-refractivity contribution in [1.29, 1.82) is 0 Å². The Labute approximate surface area is 187 Å². The molecule has 0 spiro atoms. The lowest BCUT2D eigenvalue weighted by Gasteiger charge is -2.37. The van der Waals surface area contributed by atoms with Crippen molar-refractivity contribution < 1.29 is 18.7 Å². The first-order valence-corrected chi connectivity index (χ1v) is 10.7. The second-order valence-electron chi connectivity index (χ2n) is 8.48.